The van der Waals surface area contributed by atoms with Crippen molar-refractivity contribution in [3.8, 4) is 11.5 Å². The predicted molar refractivity (Wildman–Crippen MR) is 70.7 cm³/mol. The first kappa shape index (κ1) is 14.9. The Hall–Kier alpha value is -3.03. The van der Waals surface area contributed by atoms with E-state index in [9.17, 15) is 22.8 Å². The maximum absolute atomic E-state index is 12.2. The number of ether oxygens (including phenoxy) is 1. The summed E-state index contributed by atoms with van der Waals surface area (Å²) >= 11 is 0. The number of fused-ring (bicyclic) bond motifs is 1. The lowest BCUT2D eigenvalue weighted by Gasteiger charge is -2.15. The maximum Gasteiger partial charge on any atom is 0.573 e. The van der Waals surface area contributed by atoms with Crippen molar-refractivity contribution in [1.29, 1.82) is 0 Å². The van der Waals surface area contributed by atoms with Crippen LogP contribution in [0.3, 0.4) is 0 Å². The second kappa shape index (κ2) is 5.31. The number of alkyl halides is 3. The molecule has 2 aromatic carbocycles. The van der Waals surface area contributed by atoms with Crippen LogP contribution in [0, 0.1) is 0 Å². The Morgan fingerprint density at radius 3 is 1.96 bits per heavy atom. The van der Waals surface area contributed by atoms with E-state index in [4.69, 9.17) is 4.84 Å². The Balaban J connectivity index is 1.82. The Bertz CT molecular complexity index is 753. The summed E-state index contributed by atoms with van der Waals surface area (Å²) in [5.41, 5.74) is 0.334. The van der Waals surface area contributed by atoms with Gasteiger partial charge in [0.25, 0.3) is 11.8 Å². The van der Waals surface area contributed by atoms with E-state index in [2.05, 4.69) is 4.74 Å². The van der Waals surface area contributed by atoms with E-state index in [1.165, 1.54) is 24.3 Å². The van der Waals surface area contributed by atoms with Gasteiger partial charge in [0, 0.05) is 6.07 Å². The molecule has 0 aromatic heterocycles. The van der Waals surface area contributed by atoms with E-state index >= 15 is 0 Å². The molecule has 0 radical (unpaired) electrons. The first-order valence-corrected chi connectivity index (χ1v) is 6.37. The summed E-state index contributed by atoms with van der Waals surface area (Å²) < 4.78 is 40.4. The number of rotatable bonds is 3. The average Bonchev–Trinajstić information content (AvgIpc) is 2.72. The summed E-state index contributed by atoms with van der Waals surface area (Å²) in [6.07, 6.45) is -4.85. The third-order valence-electron chi connectivity index (χ3n) is 2.99. The van der Waals surface area contributed by atoms with Crippen LogP contribution in [0.2, 0.25) is 0 Å². The zero-order valence-electron chi connectivity index (χ0n) is 11.3. The molecule has 0 bridgehead atoms. The van der Waals surface area contributed by atoms with Crippen LogP contribution in [0.15, 0.2) is 48.5 Å². The normalized spacial score (nSPS) is 14.0. The summed E-state index contributed by atoms with van der Waals surface area (Å²) in [6.45, 7) is 0. The van der Waals surface area contributed by atoms with Crippen molar-refractivity contribution in [3.63, 3.8) is 0 Å². The molecule has 1 aliphatic heterocycles. The minimum atomic E-state index is -4.85. The first-order valence-electron chi connectivity index (χ1n) is 6.37. The third-order valence-corrected chi connectivity index (χ3v) is 2.99. The van der Waals surface area contributed by atoms with Crippen LogP contribution in [0.5, 0.6) is 11.5 Å². The number of carbonyl (C=O) groups is 2. The molecule has 5 nitrogen and oxygen atoms in total. The highest BCUT2D eigenvalue weighted by Crippen LogP contribution is 2.28. The average molecular weight is 323 g/mol. The molecule has 0 aliphatic carbocycles. The topological polar surface area (TPSA) is 55.8 Å². The van der Waals surface area contributed by atoms with E-state index in [1.54, 1.807) is 12.1 Å². The lowest BCUT2D eigenvalue weighted by molar-refractivity contribution is -0.274. The summed E-state index contributed by atoms with van der Waals surface area (Å²) in [5.74, 6) is -2.03. The number of carbonyl (C=O) groups excluding carboxylic acids is 2. The van der Waals surface area contributed by atoms with Gasteiger partial charge in [-0.2, -0.15) is 0 Å². The highest BCUT2D eigenvalue weighted by molar-refractivity contribution is 6.20. The molecule has 0 atom stereocenters. The van der Waals surface area contributed by atoms with Gasteiger partial charge in [-0.3, -0.25) is 9.59 Å². The molecule has 3 rings (SSSR count). The fourth-order valence-corrected chi connectivity index (χ4v) is 2.08. The van der Waals surface area contributed by atoms with Gasteiger partial charge in [-0.25, -0.2) is 0 Å². The van der Waals surface area contributed by atoms with E-state index < -0.39 is 23.9 Å². The minimum Gasteiger partial charge on any atom is -0.406 e. The van der Waals surface area contributed by atoms with E-state index in [-0.39, 0.29) is 16.9 Å². The quantitative estimate of drug-likeness (QED) is 0.814. The molecule has 1 heterocycles. The van der Waals surface area contributed by atoms with Gasteiger partial charge in [0.15, 0.2) is 5.75 Å². The molecule has 8 heteroatoms. The highest BCUT2D eigenvalue weighted by Gasteiger charge is 2.37. The SMILES string of the molecule is O=C1c2ccccc2C(=O)N1Oc1cccc(OC(F)(F)F)c1. The van der Waals surface area contributed by atoms with Crippen molar-refractivity contribution < 1.29 is 32.3 Å². The Kier molecular flexibility index (Phi) is 3.44. The van der Waals surface area contributed by atoms with Gasteiger partial charge < -0.3 is 9.57 Å². The van der Waals surface area contributed by atoms with Crippen molar-refractivity contribution in [2.24, 2.45) is 0 Å². The fraction of sp³-hybridized carbons (Fsp3) is 0.0667. The van der Waals surface area contributed by atoms with Crippen molar-refractivity contribution in [1.82, 2.24) is 5.06 Å². The predicted octanol–water partition coefficient (Wildman–Crippen LogP) is 3.18. The van der Waals surface area contributed by atoms with Gasteiger partial charge in [-0.1, -0.05) is 23.3 Å². The van der Waals surface area contributed by atoms with Gasteiger partial charge in [-0.05, 0) is 24.3 Å². The molecular formula is C15H8F3NO4. The number of imide groups is 1. The Morgan fingerprint density at radius 1 is 0.826 bits per heavy atom. The summed E-state index contributed by atoms with van der Waals surface area (Å²) in [5, 5.41) is 0.497. The zero-order chi connectivity index (χ0) is 16.6. The number of halogens is 3. The summed E-state index contributed by atoms with van der Waals surface area (Å²) in [6, 6.07) is 10.6. The van der Waals surface area contributed by atoms with Gasteiger partial charge in [0.1, 0.15) is 5.75 Å². The number of hydroxylamine groups is 2. The Morgan fingerprint density at radius 2 is 1.39 bits per heavy atom. The fourth-order valence-electron chi connectivity index (χ4n) is 2.08. The number of hydrogen-bond acceptors (Lipinski definition) is 4. The zero-order valence-corrected chi connectivity index (χ0v) is 11.3. The molecule has 0 unspecified atom stereocenters. The van der Waals surface area contributed by atoms with E-state index in [1.807, 2.05) is 0 Å². The molecular weight excluding hydrogens is 315 g/mol. The van der Waals surface area contributed by atoms with E-state index in [0.29, 0.717) is 5.06 Å². The van der Waals surface area contributed by atoms with Crippen LogP contribution in [-0.4, -0.2) is 23.2 Å². The molecule has 0 saturated carbocycles. The molecule has 23 heavy (non-hydrogen) atoms. The van der Waals surface area contributed by atoms with Crippen LogP contribution < -0.4 is 9.57 Å². The van der Waals surface area contributed by atoms with Crippen LogP contribution in [-0.2, 0) is 0 Å². The van der Waals surface area contributed by atoms with Crippen LogP contribution >= 0.6 is 0 Å². The van der Waals surface area contributed by atoms with Crippen molar-refractivity contribution in [2.45, 2.75) is 6.36 Å². The number of hydrogen-bond donors (Lipinski definition) is 0. The second-order valence-electron chi connectivity index (χ2n) is 4.56. The third kappa shape index (κ3) is 2.96. The van der Waals surface area contributed by atoms with Crippen molar-refractivity contribution >= 4 is 11.8 Å². The van der Waals surface area contributed by atoms with Gasteiger partial charge in [0.05, 0.1) is 11.1 Å². The lowest BCUT2D eigenvalue weighted by Crippen LogP contribution is -2.33. The first-order chi connectivity index (χ1) is 10.8. The monoisotopic (exact) mass is 323 g/mol. The summed E-state index contributed by atoms with van der Waals surface area (Å²) in [7, 11) is 0. The van der Waals surface area contributed by atoms with Gasteiger partial charge >= 0.3 is 6.36 Å². The smallest absolute Gasteiger partial charge is 0.406 e. The van der Waals surface area contributed by atoms with E-state index in [0.717, 1.165) is 12.1 Å². The molecule has 0 spiro atoms. The Labute approximate surface area is 127 Å². The second-order valence-corrected chi connectivity index (χ2v) is 4.56. The number of nitrogens with zero attached hydrogens (tertiary/aromatic N) is 1. The molecule has 118 valence electrons. The number of benzene rings is 2. The maximum atomic E-state index is 12.2. The van der Waals surface area contributed by atoms with Crippen molar-refractivity contribution in [2.75, 3.05) is 0 Å². The molecule has 0 fully saturated rings. The molecule has 2 amide bonds. The molecule has 0 saturated heterocycles. The lowest BCUT2D eigenvalue weighted by atomic mass is 10.1. The molecule has 1 aliphatic rings. The summed E-state index contributed by atoms with van der Waals surface area (Å²) in [4.78, 5) is 29.3. The van der Waals surface area contributed by atoms with Crippen LogP contribution in [0.4, 0.5) is 13.2 Å². The minimum absolute atomic E-state index is 0.138. The largest absolute Gasteiger partial charge is 0.573 e. The van der Waals surface area contributed by atoms with Crippen molar-refractivity contribution in [3.05, 3.63) is 59.7 Å². The van der Waals surface area contributed by atoms with Crippen LogP contribution in [0.25, 0.3) is 0 Å². The van der Waals surface area contributed by atoms with Crippen LogP contribution in [0.1, 0.15) is 20.7 Å². The van der Waals surface area contributed by atoms with Gasteiger partial charge in [0.2, 0.25) is 0 Å². The highest BCUT2D eigenvalue weighted by atomic mass is 19.4. The standard InChI is InChI=1S/C15H8F3NO4/c16-15(17,18)22-9-4-3-5-10(8-9)23-19-13(20)11-6-1-2-7-12(11)14(19)21/h1-8H. The number of amides is 2. The molecule has 0 N–H and O–H groups in total. The molecule has 2 aromatic rings. The van der Waals surface area contributed by atoms with Gasteiger partial charge in [-0.15, -0.1) is 13.2 Å².